The van der Waals surface area contributed by atoms with E-state index in [4.69, 9.17) is 4.42 Å². The van der Waals surface area contributed by atoms with Crippen LogP contribution in [0.2, 0.25) is 0 Å². The third kappa shape index (κ3) is 3.94. The number of thiazole rings is 1. The Labute approximate surface area is 157 Å². The molecule has 3 aromatic heterocycles. The molecule has 4 rings (SSSR count). The Morgan fingerprint density at radius 3 is 3.04 bits per heavy atom. The van der Waals surface area contributed by atoms with E-state index in [1.807, 2.05) is 41.9 Å². The molecule has 0 unspecified atom stereocenters. The van der Waals surface area contributed by atoms with Gasteiger partial charge in [-0.1, -0.05) is 23.9 Å². The van der Waals surface area contributed by atoms with E-state index in [1.54, 1.807) is 10.9 Å². The average molecular weight is 385 g/mol. The molecule has 0 fully saturated rings. The van der Waals surface area contributed by atoms with E-state index in [0.29, 0.717) is 18.2 Å². The number of nitrogens with zero attached hydrogens (tertiary/aromatic N) is 4. The average Bonchev–Trinajstić information content (AvgIpc) is 3.38. The summed E-state index contributed by atoms with van der Waals surface area (Å²) in [7, 11) is 0. The normalized spacial score (nSPS) is 11.1. The summed E-state index contributed by atoms with van der Waals surface area (Å²) in [4.78, 5) is 20.8. The second-order valence-corrected chi connectivity index (χ2v) is 7.17. The van der Waals surface area contributed by atoms with Crippen LogP contribution in [0.5, 0.6) is 0 Å². The molecule has 132 valence electrons. The maximum atomic E-state index is 12.0. The van der Waals surface area contributed by atoms with Gasteiger partial charge in [-0.05, 0) is 18.2 Å². The lowest BCUT2D eigenvalue weighted by Crippen LogP contribution is -2.27. The fourth-order valence-electron chi connectivity index (χ4n) is 2.32. The molecule has 0 aliphatic rings. The largest absolute Gasteiger partial charge is 0.431 e. The summed E-state index contributed by atoms with van der Waals surface area (Å²) in [5, 5.41) is 10.4. The van der Waals surface area contributed by atoms with Crippen LogP contribution in [0.4, 0.5) is 0 Å². The van der Waals surface area contributed by atoms with E-state index < -0.39 is 0 Å². The Bertz CT molecular complexity index is 976. The minimum atomic E-state index is -0.0558. The van der Waals surface area contributed by atoms with Crippen molar-refractivity contribution in [2.24, 2.45) is 0 Å². The lowest BCUT2D eigenvalue weighted by atomic mass is 10.3. The number of oxazole rings is 1. The third-order valence-electron chi connectivity index (χ3n) is 3.54. The number of thioether (sulfide) groups is 1. The SMILES string of the molecule is O=C(CSc1nc2ccccc2o1)NCCc1csc(-n2cccn2)n1. The van der Waals surface area contributed by atoms with Crippen molar-refractivity contribution in [3.8, 4) is 5.13 Å². The molecular formula is C17H15N5O2S2. The summed E-state index contributed by atoms with van der Waals surface area (Å²) in [5.41, 5.74) is 2.46. The Hall–Kier alpha value is -2.65. The number of rotatable bonds is 7. The van der Waals surface area contributed by atoms with Crippen molar-refractivity contribution >= 4 is 40.1 Å². The summed E-state index contributed by atoms with van der Waals surface area (Å²) in [6, 6.07) is 9.40. The van der Waals surface area contributed by atoms with Crippen molar-refractivity contribution in [2.45, 2.75) is 11.6 Å². The molecule has 0 radical (unpaired) electrons. The molecule has 3 heterocycles. The number of hydrogen-bond donors (Lipinski definition) is 1. The highest BCUT2D eigenvalue weighted by Crippen LogP contribution is 2.22. The fourth-order valence-corrected chi connectivity index (χ4v) is 3.79. The van der Waals surface area contributed by atoms with Gasteiger partial charge in [-0.25, -0.2) is 14.6 Å². The molecular weight excluding hydrogens is 370 g/mol. The number of carbonyl (C=O) groups excluding carboxylic acids is 1. The van der Waals surface area contributed by atoms with Gasteiger partial charge in [0, 0.05) is 30.7 Å². The molecule has 0 aliphatic carbocycles. The molecule has 0 saturated heterocycles. The van der Waals surface area contributed by atoms with E-state index in [-0.39, 0.29) is 11.7 Å². The number of benzene rings is 1. The molecule has 26 heavy (non-hydrogen) atoms. The van der Waals surface area contributed by atoms with Crippen LogP contribution in [0.3, 0.4) is 0 Å². The van der Waals surface area contributed by atoms with Crippen LogP contribution in [0.25, 0.3) is 16.2 Å². The van der Waals surface area contributed by atoms with Gasteiger partial charge in [-0.15, -0.1) is 11.3 Å². The fraction of sp³-hybridized carbons (Fsp3) is 0.176. The monoisotopic (exact) mass is 385 g/mol. The van der Waals surface area contributed by atoms with Crippen LogP contribution in [-0.2, 0) is 11.2 Å². The summed E-state index contributed by atoms with van der Waals surface area (Å²) in [6.07, 6.45) is 4.25. The number of aromatic nitrogens is 4. The van der Waals surface area contributed by atoms with Crippen LogP contribution in [-0.4, -0.2) is 38.0 Å². The summed E-state index contributed by atoms with van der Waals surface area (Å²) in [6.45, 7) is 0.537. The Kier molecular flexibility index (Phi) is 4.98. The quantitative estimate of drug-likeness (QED) is 0.492. The van der Waals surface area contributed by atoms with Gasteiger partial charge in [0.1, 0.15) is 5.52 Å². The topological polar surface area (TPSA) is 85.8 Å². The number of hydrogen-bond acceptors (Lipinski definition) is 7. The van der Waals surface area contributed by atoms with Crippen molar-refractivity contribution in [3.05, 3.63) is 53.8 Å². The van der Waals surface area contributed by atoms with Crippen LogP contribution in [0, 0.1) is 0 Å². The molecule has 7 nitrogen and oxygen atoms in total. The molecule has 1 N–H and O–H groups in total. The molecule has 0 spiro atoms. The van der Waals surface area contributed by atoms with Gasteiger partial charge in [0.2, 0.25) is 11.0 Å². The molecule has 0 saturated carbocycles. The van der Waals surface area contributed by atoms with Gasteiger partial charge in [0.25, 0.3) is 5.22 Å². The zero-order valence-corrected chi connectivity index (χ0v) is 15.3. The Balaban J connectivity index is 1.23. The van der Waals surface area contributed by atoms with Crippen LogP contribution < -0.4 is 5.32 Å². The third-order valence-corrected chi connectivity index (χ3v) is 5.25. The van der Waals surface area contributed by atoms with Gasteiger partial charge in [0.15, 0.2) is 5.58 Å². The predicted octanol–water partition coefficient (Wildman–Crippen LogP) is 2.92. The smallest absolute Gasteiger partial charge is 0.257 e. The molecule has 0 aliphatic heterocycles. The van der Waals surface area contributed by atoms with E-state index >= 15 is 0 Å². The van der Waals surface area contributed by atoms with Gasteiger partial charge in [-0.2, -0.15) is 5.10 Å². The molecule has 1 aromatic carbocycles. The van der Waals surface area contributed by atoms with Gasteiger partial charge in [-0.3, -0.25) is 4.79 Å². The minimum Gasteiger partial charge on any atom is -0.431 e. The lowest BCUT2D eigenvalue weighted by Gasteiger charge is -2.02. The first kappa shape index (κ1) is 16.8. The van der Waals surface area contributed by atoms with Crippen molar-refractivity contribution in [1.82, 2.24) is 25.1 Å². The highest BCUT2D eigenvalue weighted by molar-refractivity contribution is 7.99. The van der Waals surface area contributed by atoms with Gasteiger partial charge in [0.05, 0.1) is 11.4 Å². The molecule has 9 heteroatoms. The van der Waals surface area contributed by atoms with Crippen molar-refractivity contribution in [2.75, 3.05) is 12.3 Å². The predicted molar refractivity (Wildman–Crippen MR) is 101 cm³/mol. The number of carbonyl (C=O) groups is 1. The molecule has 0 bridgehead atoms. The first-order valence-corrected chi connectivity index (χ1v) is 9.84. The molecule has 4 aromatic rings. The van der Waals surface area contributed by atoms with E-state index in [9.17, 15) is 4.79 Å². The van der Waals surface area contributed by atoms with E-state index in [0.717, 1.165) is 21.9 Å². The standard InChI is InChI=1S/C17H15N5O2S2/c23-15(11-26-17-21-13-4-1-2-5-14(13)24-17)18-8-6-12-10-25-16(20-12)22-9-3-7-19-22/h1-5,7,9-10H,6,8,11H2,(H,18,23). The van der Waals surface area contributed by atoms with Crippen molar-refractivity contribution in [3.63, 3.8) is 0 Å². The highest BCUT2D eigenvalue weighted by Gasteiger charge is 2.09. The van der Waals surface area contributed by atoms with Gasteiger partial charge >= 0.3 is 0 Å². The summed E-state index contributed by atoms with van der Waals surface area (Å²) < 4.78 is 7.31. The number of amides is 1. The highest BCUT2D eigenvalue weighted by atomic mass is 32.2. The van der Waals surface area contributed by atoms with Crippen LogP contribution in [0.1, 0.15) is 5.69 Å². The number of nitrogens with one attached hydrogen (secondary N) is 1. The Morgan fingerprint density at radius 1 is 1.27 bits per heavy atom. The van der Waals surface area contributed by atoms with Crippen molar-refractivity contribution in [1.29, 1.82) is 0 Å². The first-order chi connectivity index (χ1) is 12.8. The van der Waals surface area contributed by atoms with Crippen LogP contribution in [0.15, 0.2) is 57.7 Å². The molecule has 0 atom stereocenters. The number of fused-ring (bicyclic) bond motifs is 1. The summed E-state index contributed by atoms with van der Waals surface area (Å²) >= 11 is 2.82. The summed E-state index contributed by atoms with van der Waals surface area (Å²) in [5.74, 6) is 0.211. The lowest BCUT2D eigenvalue weighted by molar-refractivity contribution is -0.118. The zero-order valence-electron chi connectivity index (χ0n) is 13.7. The maximum Gasteiger partial charge on any atom is 0.257 e. The Morgan fingerprint density at radius 2 is 2.19 bits per heavy atom. The van der Waals surface area contributed by atoms with E-state index in [2.05, 4.69) is 20.4 Å². The zero-order chi connectivity index (χ0) is 17.8. The second kappa shape index (κ2) is 7.71. The second-order valence-electron chi connectivity index (χ2n) is 5.41. The van der Waals surface area contributed by atoms with Gasteiger partial charge < -0.3 is 9.73 Å². The minimum absolute atomic E-state index is 0.0558. The molecule has 1 amide bonds. The number of para-hydroxylation sites is 2. The maximum absolute atomic E-state index is 12.0. The van der Waals surface area contributed by atoms with Crippen LogP contribution >= 0.6 is 23.1 Å². The first-order valence-electron chi connectivity index (χ1n) is 7.97. The van der Waals surface area contributed by atoms with E-state index in [1.165, 1.54) is 23.1 Å². The van der Waals surface area contributed by atoms with Crippen molar-refractivity contribution < 1.29 is 9.21 Å².